The van der Waals surface area contributed by atoms with Crippen LogP contribution in [-0.4, -0.2) is 12.6 Å². The lowest BCUT2D eigenvalue weighted by Crippen LogP contribution is -2.38. The summed E-state index contributed by atoms with van der Waals surface area (Å²) in [6.07, 6.45) is 5.53. The van der Waals surface area contributed by atoms with Gasteiger partial charge in [0, 0.05) is 17.6 Å². The third-order valence-electron chi connectivity index (χ3n) is 4.84. The molecular weight excluding hydrogens is 254 g/mol. The van der Waals surface area contributed by atoms with Gasteiger partial charge >= 0.3 is 0 Å². The smallest absolute Gasteiger partial charge is 0.0406 e. The van der Waals surface area contributed by atoms with Gasteiger partial charge in [0.25, 0.3) is 0 Å². The summed E-state index contributed by atoms with van der Waals surface area (Å²) < 4.78 is 0. The van der Waals surface area contributed by atoms with Crippen LogP contribution in [-0.2, 0) is 6.42 Å². The van der Waals surface area contributed by atoms with Gasteiger partial charge < -0.3 is 5.32 Å². The fraction of sp³-hybridized carbons (Fsp3) is 0.647. The van der Waals surface area contributed by atoms with E-state index in [4.69, 9.17) is 11.6 Å². The number of halogens is 1. The molecular formula is C17H24ClN. The van der Waals surface area contributed by atoms with E-state index in [1.807, 2.05) is 12.1 Å². The summed E-state index contributed by atoms with van der Waals surface area (Å²) in [7, 11) is 0. The van der Waals surface area contributed by atoms with Gasteiger partial charge in [-0.2, -0.15) is 0 Å². The Kier molecular flexibility index (Phi) is 3.61. The highest BCUT2D eigenvalue weighted by atomic mass is 35.5. The van der Waals surface area contributed by atoms with Gasteiger partial charge in [0.05, 0.1) is 0 Å². The number of benzene rings is 1. The van der Waals surface area contributed by atoms with Crippen molar-refractivity contribution in [3.8, 4) is 0 Å². The first-order valence-corrected chi connectivity index (χ1v) is 7.92. The van der Waals surface area contributed by atoms with Crippen molar-refractivity contribution in [2.45, 2.75) is 45.6 Å². The maximum absolute atomic E-state index is 5.98. The Morgan fingerprint density at radius 2 is 1.84 bits per heavy atom. The molecule has 0 saturated heterocycles. The summed E-state index contributed by atoms with van der Waals surface area (Å²) >= 11 is 5.98. The Morgan fingerprint density at radius 3 is 2.42 bits per heavy atom. The second kappa shape index (κ2) is 5.10. The molecule has 2 atom stereocenters. The van der Waals surface area contributed by atoms with E-state index in [-0.39, 0.29) is 0 Å². The van der Waals surface area contributed by atoms with Crippen LogP contribution in [0.4, 0.5) is 0 Å². The fourth-order valence-corrected chi connectivity index (χ4v) is 3.94. The van der Waals surface area contributed by atoms with Crippen molar-refractivity contribution in [1.29, 1.82) is 0 Å². The van der Waals surface area contributed by atoms with Gasteiger partial charge in [-0.15, -0.1) is 0 Å². The van der Waals surface area contributed by atoms with E-state index >= 15 is 0 Å². The highest BCUT2D eigenvalue weighted by Gasteiger charge is 2.53. The fourth-order valence-electron chi connectivity index (χ4n) is 3.81. The molecule has 0 radical (unpaired) electrons. The molecule has 19 heavy (non-hydrogen) atoms. The first-order valence-electron chi connectivity index (χ1n) is 7.54. The molecule has 0 bridgehead atoms. The summed E-state index contributed by atoms with van der Waals surface area (Å²) in [5.74, 6) is 2.06. The average Bonchev–Trinajstić information content (AvgIpc) is 2.99. The van der Waals surface area contributed by atoms with E-state index in [0.29, 0.717) is 11.5 Å². The van der Waals surface area contributed by atoms with Crippen LogP contribution in [0.5, 0.6) is 0 Å². The minimum absolute atomic E-state index is 0.492. The largest absolute Gasteiger partial charge is 0.314 e. The van der Waals surface area contributed by atoms with Crippen molar-refractivity contribution < 1.29 is 0 Å². The molecule has 1 aromatic carbocycles. The predicted molar refractivity (Wildman–Crippen MR) is 81.6 cm³/mol. The van der Waals surface area contributed by atoms with E-state index in [2.05, 4.69) is 31.3 Å². The first kappa shape index (κ1) is 13.5. The minimum Gasteiger partial charge on any atom is -0.314 e. The van der Waals surface area contributed by atoms with Gasteiger partial charge in [-0.1, -0.05) is 37.6 Å². The standard InChI is InChI=1S/C17H24ClN/c1-12(2)19-11-17(9-14-7-15(14)10-17)8-13-3-5-16(18)6-4-13/h3-6,12,14-15,19H,7-11H2,1-2H3. The topological polar surface area (TPSA) is 12.0 Å². The molecule has 2 unspecified atom stereocenters. The quantitative estimate of drug-likeness (QED) is 0.846. The molecule has 2 aliphatic rings. The van der Waals surface area contributed by atoms with E-state index < -0.39 is 0 Å². The van der Waals surface area contributed by atoms with Crippen molar-refractivity contribution in [3.63, 3.8) is 0 Å². The van der Waals surface area contributed by atoms with Gasteiger partial charge in [-0.25, -0.2) is 0 Å². The zero-order valence-corrected chi connectivity index (χ0v) is 12.7. The summed E-state index contributed by atoms with van der Waals surface area (Å²) in [4.78, 5) is 0. The SMILES string of the molecule is CC(C)NCC1(Cc2ccc(Cl)cc2)CC2CC2C1. The summed E-state index contributed by atoms with van der Waals surface area (Å²) in [6, 6.07) is 9.03. The molecule has 2 fully saturated rings. The normalized spacial score (nSPS) is 32.6. The average molecular weight is 278 g/mol. The lowest BCUT2D eigenvalue weighted by Gasteiger charge is -2.32. The van der Waals surface area contributed by atoms with Crippen LogP contribution in [0.15, 0.2) is 24.3 Å². The molecule has 0 heterocycles. The molecule has 0 amide bonds. The number of rotatable bonds is 5. The number of hydrogen-bond donors (Lipinski definition) is 1. The van der Waals surface area contributed by atoms with Crippen LogP contribution in [0.3, 0.4) is 0 Å². The van der Waals surface area contributed by atoms with Crippen LogP contribution < -0.4 is 5.32 Å². The molecule has 1 nitrogen and oxygen atoms in total. The van der Waals surface area contributed by atoms with Crippen LogP contribution in [0.25, 0.3) is 0 Å². The number of nitrogens with one attached hydrogen (secondary N) is 1. The predicted octanol–water partition coefficient (Wildman–Crippen LogP) is 4.30. The van der Waals surface area contributed by atoms with Crippen LogP contribution in [0, 0.1) is 17.3 Å². The van der Waals surface area contributed by atoms with E-state index in [1.165, 1.54) is 37.8 Å². The number of fused-ring (bicyclic) bond motifs is 1. The molecule has 0 spiro atoms. The summed E-state index contributed by atoms with van der Waals surface area (Å²) in [5, 5.41) is 4.52. The maximum atomic E-state index is 5.98. The van der Waals surface area contributed by atoms with Crippen LogP contribution >= 0.6 is 11.6 Å². The maximum Gasteiger partial charge on any atom is 0.0406 e. The van der Waals surface area contributed by atoms with Crippen LogP contribution in [0.1, 0.15) is 38.7 Å². The zero-order chi connectivity index (χ0) is 13.5. The Bertz CT molecular complexity index is 427. The number of hydrogen-bond acceptors (Lipinski definition) is 1. The third kappa shape index (κ3) is 3.14. The molecule has 2 aliphatic carbocycles. The third-order valence-corrected chi connectivity index (χ3v) is 5.09. The van der Waals surface area contributed by atoms with Gasteiger partial charge in [0.1, 0.15) is 0 Å². The first-order chi connectivity index (χ1) is 9.06. The minimum atomic E-state index is 0.492. The van der Waals surface area contributed by atoms with Crippen molar-refractivity contribution in [1.82, 2.24) is 5.32 Å². The van der Waals surface area contributed by atoms with Crippen LogP contribution in [0.2, 0.25) is 5.02 Å². The zero-order valence-electron chi connectivity index (χ0n) is 12.0. The Hall–Kier alpha value is -0.530. The molecule has 0 aromatic heterocycles. The van der Waals surface area contributed by atoms with Crippen molar-refractivity contribution >= 4 is 11.6 Å². The Balaban J connectivity index is 1.70. The highest BCUT2D eigenvalue weighted by Crippen LogP contribution is 2.60. The van der Waals surface area contributed by atoms with E-state index in [9.17, 15) is 0 Å². The van der Waals surface area contributed by atoms with Crippen molar-refractivity contribution in [2.24, 2.45) is 17.3 Å². The molecule has 104 valence electrons. The summed E-state index contributed by atoms with van der Waals surface area (Å²) in [5.41, 5.74) is 1.93. The second-order valence-electron chi connectivity index (χ2n) is 7.00. The van der Waals surface area contributed by atoms with E-state index in [0.717, 1.165) is 16.9 Å². The van der Waals surface area contributed by atoms with Gasteiger partial charge in [0.15, 0.2) is 0 Å². The van der Waals surface area contributed by atoms with Gasteiger partial charge in [-0.05, 0) is 60.6 Å². The van der Waals surface area contributed by atoms with Gasteiger partial charge in [0.2, 0.25) is 0 Å². The Morgan fingerprint density at radius 1 is 1.21 bits per heavy atom. The molecule has 1 N–H and O–H groups in total. The molecule has 3 rings (SSSR count). The molecule has 0 aliphatic heterocycles. The highest BCUT2D eigenvalue weighted by molar-refractivity contribution is 6.30. The van der Waals surface area contributed by atoms with Gasteiger partial charge in [-0.3, -0.25) is 0 Å². The molecule has 2 saturated carbocycles. The lowest BCUT2D eigenvalue weighted by molar-refractivity contribution is 0.241. The van der Waals surface area contributed by atoms with E-state index in [1.54, 1.807) is 0 Å². The summed E-state index contributed by atoms with van der Waals surface area (Å²) in [6.45, 7) is 5.65. The molecule has 1 aromatic rings. The lowest BCUT2D eigenvalue weighted by atomic mass is 9.77. The van der Waals surface area contributed by atoms with Crippen molar-refractivity contribution in [3.05, 3.63) is 34.9 Å². The monoisotopic (exact) mass is 277 g/mol. The van der Waals surface area contributed by atoms with Crippen molar-refractivity contribution in [2.75, 3.05) is 6.54 Å². The second-order valence-corrected chi connectivity index (χ2v) is 7.44. The Labute approximate surface area is 121 Å². The molecule has 2 heteroatoms.